The van der Waals surface area contributed by atoms with Crippen LogP contribution in [0.3, 0.4) is 0 Å². The van der Waals surface area contributed by atoms with Gasteiger partial charge in [-0.3, -0.25) is 0 Å². The number of benzene rings is 1. The summed E-state index contributed by atoms with van der Waals surface area (Å²) < 4.78 is 39.0. The average Bonchev–Trinajstić information content (AvgIpc) is 2.49. The van der Waals surface area contributed by atoms with Gasteiger partial charge >= 0.3 is 0 Å². The lowest BCUT2D eigenvalue weighted by atomic mass is 9.82. The first-order valence-electron chi connectivity index (χ1n) is 7.66. The number of ether oxygens (including phenoxy) is 2. The van der Waals surface area contributed by atoms with E-state index in [1.807, 2.05) is 13.8 Å². The third kappa shape index (κ3) is 3.94. The van der Waals surface area contributed by atoms with Crippen molar-refractivity contribution in [2.75, 3.05) is 13.7 Å². The molecule has 1 aromatic carbocycles. The molecule has 0 bridgehead atoms. The molecule has 118 valence electrons. The van der Waals surface area contributed by atoms with Crippen molar-refractivity contribution >= 4 is 0 Å². The predicted octanol–water partition coefficient (Wildman–Crippen LogP) is 4.67. The topological polar surface area (TPSA) is 18.5 Å². The Morgan fingerprint density at radius 3 is 2.33 bits per heavy atom. The Kier molecular flexibility index (Phi) is 5.57. The highest BCUT2D eigenvalue weighted by atomic mass is 19.2. The fourth-order valence-electron chi connectivity index (χ4n) is 2.84. The monoisotopic (exact) mass is 298 g/mol. The highest BCUT2D eigenvalue weighted by molar-refractivity contribution is 5.33. The van der Waals surface area contributed by atoms with Gasteiger partial charge in [-0.25, -0.2) is 4.39 Å². The zero-order valence-corrected chi connectivity index (χ0v) is 13.0. The van der Waals surface area contributed by atoms with E-state index in [0.29, 0.717) is 12.2 Å². The smallest absolute Gasteiger partial charge is 0.200 e. The molecular weight excluding hydrogens is 274 g/mol. The van der Waals surface area contributed by atoms with E-state index in [-0.39, 0.29) is 23.7 Å². The van der Waals surface area contributed by atoms with Gasteiger partial charge in [-0.1, -0.05) is 19.9 Å². The van der Waals surface area contributed by atoms with Crippen molar-refractivity contribution in [1.82, 2.24) is 0 Å². The molecule has 2 nitrogen and oxygen atoms in total. The molecule has 1 aliphatic rings. The van der Waals surface area contributed by atoms with Crippen LogP contribution in [0.5, 0.6) is 5.75 Å². The number of hydrogen-bond donors (Lipinski definition) is 0. The third-order valence-electron chi connectivity index (χ3n) is 4.10. The fourth-order valence-corrected chi connectivity index (χ4v) is 2.84. The third-order valence-corrected chi connectivity index (χ3v) is 4.10. The van der Waals surface area contributed by atoms with E-state index in [2.05, 4.69) is 0 Å². The largest absolute Gasteiger partial charge is 0.490 e. The van der Waals surface area contributed by atoms with Crippen molar-refractivity contribution in [2.45, 2.75) is 51.6 Å². The second kappa shape index (κ2) is 7.21. The molecule has 1 saturated carbocycles. The summed E-state index contributed by atoms with van der Waals surface area (Å²) in [5, 5.41) is 0. The molecular formula is C17H24F2O2. The van der Waals surface area contributed by atoms with Crippen LogP contribution in [0.15, 0.2) is 12.1 Å². The summed E-state index contributed by atoms with van der Waals surface area (Å²) in [7, 11) is 1.70. The average molecular weight is 298 g/mol. The normalized spacial score (nSPS) is 22.6. The lowest BCUT2D eigenvalue weighted by Gasteiger charge is -2.28. The molecule has 0 aliphatic heterocycles. The van der Waals surface area contributed by atoms with Crippen molar-refractivity contribution in [1.29, 1.82) is 0 Å². The maximum atomic E-state index is 14.3. The Labute approximate surface area is 125 Å². The molecule has 4 heteroatoms. The van der Waals surface area contributed by atoms with E-state index < -0.39 is 11.6 Å². The summed E-state index contributed by atoms with van der Waals surface area (Å²) in [5.41, 5.74) is 0.471. The number of halogens is 2. The van der Waals surface area contributed by atoms with Gasteiger partial charge in [0.1, 0.15) is 0 Å². The zero-order valence-electron chi connectivity index (χ0n) is 13.0. The van der Waals surface area contributed by atoms with Crippen molar-refractivity contribution in [3.63, 3.8) is 0 Å². The van der Waals surface area contributed by atoms with Gasteiger partial charge in [0.05, 0.1) is 12.7 Å². The summed E-state index contributed by atoms with van der Waals surface area (Å²) in [4.78, 5) is 0. The van der Waals surface area contributed by atoms with Crippen molar-refractivity contribution in [3.8, 4) is 5.75 Å². The Bertz CT molecular complexity index is 466. The lowest BCUT2D eigenvalue weighted by molar-refractivity contribution is 0.0654. The van der Waals surface area contributed by atoms with Crippen LogP contribution in [0.4, 0.5) is 8.78 Å². The standard InChI is InChI=1S/C17H24F2O2/c1-11(2)10-21-15-9-8-14(16(18)17(15)19)12-4-6-13(20-3)7-5-12/h8-9,11-13H,4-7,10H2,1-3H3. The van der Waals surface area contributed by atoms with E-state index in [1.165, 1.54) is 0 Å². The van der Waals surface area contributed by atoms with Crippen LogP contribution in [0.25, 0.3) is 0 Å². The molecule has 0 N–H and O–H groups in total. The Morgan fingerprint density at radius 1 is 1.10 bits per heavy atom. The molecule has 0 atom stereocenters. The molecule has 2 rings (SSSR count). The maximum absolute atomic E-state index is 14.3. The molecule has 1 fully saturated rings. The van der Waals surface area contributed by atoms with Crippen LogP contribution in [0.1, 0.15) is 51.0 Å². The van der Waals surface area contributed by atoms with Gasteiger partial charge in [-0.2, -0.15) is 4.39 Å². The molecule has 1 aromatic rings. The number of hydrogen-bond acceptors (Lipinski definition) is 2. The first-order chi connectivity index (χ1) is 10.0. The molecule has 0 radical (unpaired) electrons. The molecule has 0 unspecified atom stereocenters. The highest BCUT2D eigenvalue weighted by Gasteiger charge is 2.26. The molecule has 1 aliphatic carbocycles. The van der Waals surface area contributed by atoms with Gasteiger partial charge in [0.25, 0.3) is 0 Å². The molecule has 0 spiro atoms. The lowest BCUT2D eigenvalue weighted by Crippen LogP contribution is -2.20. The molecule has 0 amide bonds. The minimum absolute atomic E-state index is 0.00975. The summed E-state index contributed by atoms with van der Waals surface area (Å²) in [6.07, 6.45) is 3.71. The Morgan fingerprint density at radius 2 is 1.76 bits per heavy atom. The maximum Gasteiger partial charge on any atom is 0.200 e. The van der Waals surface area contributed by atoms with Crippen molar-refractivity contribution in [2.24, 2.45) is 5.92 Å². The second-order valence-electron chi connectivity index (χ2n) is 6.20. The van der Waals surface area contributed by atoms with Crippen LogP contribution in [-0.2, 0) is 4.74 Å². The van der Waals surface area contributed by atoms with Gasteiger partial charge in [-0.05, 0) is 49.1 Å². The highest BCUT2D eigenvalue weighted by Crippen LogP contribution is 2.37. The molecule has 21 heavy (non-hydrogen) atoms. The van der Waals surface area contributed by atoms with E-state index >= 15 is 0 Å². The number of rotatable bonds is 5. The summed E-state index contributed by atoms with van der Waals surface area (Å²) in [6, 6.07) is 3.23. The van der Waals surface area contributed by atoms with Crippen LogP contribution in [-0.4, -0.2) is 19.8 Å². The van der Waals surface area contributed by atoms with Crippen molar-refractivity contribution in [3.05, 3.63) is 29.3 Å². The van der Waals surface area contributed by atoms with Crippen LogP contribution in [0, 0.1) is 17.6 Å². The fraction of sp³-hybridized carbons (Fsp3) is 0.647. The van der Waals surface area contributed by atoms with Gasteiger partial charge < -0.3 is 9.47 Å². The number of methoxy groups -OCH3 is 1. The molecule has 0 aromatic heterocycles. The molecule has 0 heterocycles. The van der Waals surface area contributed by atoms with E-state index in [9.17, 15) is 8.78 Å². The Balaban J connectivity index is 2.10. The Hall–Kier alpha value is -1.16. The van der Waals surface area contributed by atoms with Crippen LogP contribution < -0.4 is 4.74 Å². The predicted molar refractivity (Wildman–Crippen MR) is 78.7 cm³/mol. The quantitative estimate of drug-likeness (QED) is 0.786. The summed E-state index contributed by atoms with van der Waals surface area (Å²) in [6.45, 7) is 4.32. The molecule has 0 saturated heterocycles. The SMILES string of the molecule is COC1CCC(c2ccc(OCC(C)C)c(F)c2F)CC1. The van der Waals surface area contributed by atoms with E-state index in [0.717, 1.165) is 25.7 Å². The van der Waals surface area contributed by atoms with Crippen LogP contribution in [0.2, 0.25) is 0 Å². The van der Waals surface area contributed by atoms with Gasteiger partial charge in [0, 0.05) is 7.11 Å². The zero-order chi connectivity index (χ0) is 15.4. The second-order valence-corrected chi connectivity index (χ2v) is 6.20. The van der Waals surface area contributed by atoms with E-state index in [1.54, 1.807) is 19.2 Å². The van der Waals surface area contributed by atoms with E-state index in [4.69, 9.17) is 9.47 Å². The van der Waals surface area contributed by atoms with Gasteiger partial charge in [0.2, 0.25) is 5.82 Å². The first kappa shape index (κ1) is 16.2. The van der Waals surface area contributed by atoms with Gasteiger partial charge in [-0.15, -0.1) is 0 Å². The van der Waals surface area contributed by atoms with Crippen LogP contribution >= 0.6 is 0 Å². The van der Waals surface area contributed by atoms with Gasteiger partial charge in [0.15, 0.2) is 11.6 Å². The minimum Gasteiger partial charge on any atom is -0.490 e. The summed E-state index contributed by atoms with van der Waals surface area (Å²) in [5.74, 6) is -1.25. The van der Waals surface area contributed by atoms with Crippen molar-refractivity contribution < 1.29 is 18.3 Å². The first-order valence-corrected chi connectivity index (χ1v) is 7.66. The summed E-state index contributed by atoms with van der Waals surface area (Å²) >= 11 is 0. The minimum atomic E-state index is -0.859.